The van der Waals surface area contributed by atoms with Crippen molar-refractivity contribution in [2.45, 2.75) is 57.8 Å². The maximum atomic E-state index is 5.81. The fourth-order valence-corrected chi connectivity index (χ4v) is 2.03. The highest BCUT2D eigenvalue weighted by atomic mass is 16.5. The fourth-order valence-electron chi connectivity index (χ4n) is 2.03. The Bertz CT molecular complexity index is 164. The minimum absolute atomic E-state index is 0.265. The van der Waals surface area contributed by atoms with Gasteiger partial charge >= 0.3 is 0 Å². The van der Waals surface area contributed by atoms with Crippen LogP contribution in [0.15, 0.2) is 0 Å². The number of nitrogens with one attached hydrogen (secondary N) is 1. The van der Waals surface area contributed by atoms with Crippen LogP contribution in [0.1, 0.15) is 39.5 Å². The highest BCUT2D eigenvalue weighted by Crippen LogP contribution is 2.27. The number of hydrogen-bond acceptors (Lipinski definition) is 3. The molecule has 1 N–H and O–H groups in total. The second-order valence-corrected chi connectivity index (χ2v) is 4.17. The van der Waals surface area contributed by atoms with Gasteiger partial charge in [0.15, 0.2) is 0 Å². The lowest BCUT2D eigenvalue weighted by atomic mass is 9.85. The summed E-state index contributed by atoms with van der Waals surface area (Å²) in [7, 11) is 1.99. The lowest BCUT2D eigenvalue weighted by Crippen LogP contribution is -2.59. The van der Waals surface area contributed by atoms with Crippen LogP contribution in [0.25, 0.3) is 0 Å². The first-order valence-corrected chi connectivity index (χ1v) is 6.23. The SMILES string of the molecule is CCCCCOC1CC(NC)C1OCC. The van der Waals surface area contributed by atoms with Gasteiger partial charge in [0.05, 0.1) is 12.2 Å². The molecule has 0 heterocycles. The molecule has 3 heteroatoms. The molecule has 0 aromatic carbocycles. The van der Waals surface area contributed by atoms with E-state index in [9.17, 15) is 0 Å². The topological polar surface area (TPSA) is 30.5 Å². The zero-order valence-electron chi connectivity index (χ0n) is 10.3. The van der Waals surface area contributed by atoms with Crippen LogP contribution in [-0.4, -0.2) is 38.5 Å². The molecule has 3 unspecified atom stereocenters. The summed E-state index contributed by atoms with van der Waals surface area (Å²) in [5.74, 6) is 0. The lowest BCUT2D eigenvalue weighted by Gasteiger charge is -2.43. The largest absolute Gasteiger partial charge is 0.375 e. The summed E-state index contributed by atoms with van der Waals surface area (Å²) in [6.07, 6.45) is 5.37. The minimum Gasteiger partial charge on any atom is -0.375 e. The molecule has 15 heavy (non-hydrogen) atoms. The van der Waals surface area contributed by atoms with Crippen LogP contribution in [0.2, 0.25) is 0 Å². The Morgan fingerprint density at radius 2 is 2.00 bits per heavy atom. The van der Waals surface area contributed by atoms with Gasteiger partial charge < -0.3 is 14.8 Å². The first-order valence-electron chi connectivity index (χ1n) is 6.23. The Balaban J connectivity index is 2.13. The molecule has 1 saturated carbocycles. The van der Waals surface area contributed by atoms with Crippen molar-refractivity contribution in [3.05, 3.63) is 0 Å². The van der Waals surface area contributed by atoms with Crippen molar-refractivity contribution in [3.63, 3.8) is 0 Å². The maximum absolute atomic E-state index is 5.81. The van der Waals surface area contributed by atoms with Gasteiger partial charge in [0.25, 0.3) is 0 Å². The van der Waals surface area contributed by atoms with Gasteiger partial charge in [-0.1, -0.05) is 19.8 Å². The number of likely N-dealkylation sites (N-methyl/N-ethyl adjacent to an activating group) is 1. The molecule has 0 amide bonds. The second-order valence-electron chi connectivity index (χ2n) is 4.17. The molecular weight excluding hydrogens is 190 g/mol. The molecule has 0 spiro atoms. The van der Waals surface area contributed by atoms with Crippen LogP contribution >= 0.6 is 0 Å². The minimum atomic E-state index is 0.265. The Morgan fingerprint density at radius 1 is 1.20 bits per heavy atom. The van der Waals surface area contributed by atoms with E-state index in [0.29, 0.717) is 12.1 Å². The first-order chi connectivity index (χ1) is 7.33. The third-order valence-corrected chi connectivity index (χ3v) is 3.06. The van der Waals surface area contributed by atoms with E-state index >= 15 is 0 Å². The van der Waals surface area contributed by atoms with E-state index in [-0.39, 0.29) is 6.10 Å². The highest BCUT2D eigenvalue weighted by Gasteiger charge is 2.41. The molecule has 0 radical (unpaired) electrons. The van der Waals surface area contributed by atoms with Crippen LogP contribution in [0.4, 0.5) is 0 Å². The maximum Gasteiger partial charge on any atom is 0.0990 e. The van der Waals surface area contributed by atoms with E-state index in [2.05, 4.69) is 12.2 Å². The van der Waals surface area contributed by atoms with Gasteiger partial charge in [0.1, 0.15) is 0 Å². The van der Waals surface area contributed by atoms with E-state index in [1.165, 1.54) is 19.3 Å². The second kappa shape index (κ2) is 7.20. The van der Waals surface area contributed by atoms with Crippen molar-refractivity contribution in [1.29, 1.82) is 0 Å². The zero-order valence-corrected chi connectivity index (χ0v) is 10.3. The van der Waals surface area contributed by atoms with Gasteiger partial charge in [0.2, 0.25) is 0 Å². The third kappa shape index (κ3) is 3.74. The molecule has 1 aliphatic rings. The van der Waals surface area contributed by atoms with Crippen LogP contribution in [0, 0.1) is 0 Å². The van der Waals surface area contributed by atoms with Crippen molar-refractivity contribution in [3.8, 4) is 0 Å². The van der Waals surface area contributed by atoms with Crippen LogP contribution < -0.4 is 5.32 Å². The molecule has 0 aromatic heterocycles. The van der Waals surface area contributed by atoms with Crippen molar-refractivity contribution in [1.82, 2.24) is 5.32 Å². The molecule has 0 aliphatic heterocycles. The van der Waals surface area contributed by atoms with Crippen LogP contribution in [0.5, 0.6) is 0 Å². The Hall–Kier alpha value is -0.120. The molecule has 0 bridgehead atoms. The standard InChI is InChI=1S/C12H25NO2/c1-4-6-7-8-15-11-9-10(13-3)12(11)14-5-2/h10-13H,4-9H2,1-3H3. The third-order valence-electron chi connectivity index (χ3n) is 3.06. The Kier molecular flexibility index (Phi) is 6.22. The Morgan fingerprint density at radius 3 is 2.60 bits per heavy atom. The molecule has 3 atom stereocenters. The van der Waals surface area contributed by atoms with Crippen molar-refractivity contribution >= 4 is 0 Å². The summed E-state index contributed by atoms with van der Waals surface area (Å²) in [5, 5.41) is 3.26. The smallest absolute Gasteiger partial charge is 0.0990 e. The predicted molar refractivity (Wildman–Crippen MR) is 62.1 cm³/mol. The van der Waals surface area contributed by atoms with E-state index in [4.69, 9.17) is 9.47 Å². The van der Waals surface area contributed by atoms with Gasteiger partial charge in [-0.25, -0.2) is 0 Å². The number of ether oxygens (including phenoxy) is 2. The van der Waals surface area contributed by atoms with Crippen LogP contribution in [-0.2, 0) is 9.47 Å². The molecule has 90 valence electrons. The quantitative estimate of drug-likeness (QED) is 0.628. The van der Waals surface area contributed by atoms with E-state index in [1.807, 2.05) is 14.0 Å². The molecule has 0 saturated heterocycles. The summed E-state index contributed by atoms with van der Waals surface area (Å²) in [6, 6.07) is 0.487. The van der Waals surface area contributed by atoms with E-state index < -0.39 is 0 Å². The molecule has 0 aromatic rings. The van der Waals surface area contributed by atoms with E-state index in [1.54, 1.807) is 0 Å². The van der Waals surface area contributed by atoms with Crippen LogP contribution in [0.3, 0.4) is 0 Å². The number of unbranched alkanes of at least 4 members (excludes halogenated alkanes) is 2. The van der Waals surface area contributed by atoms with Gasteiger partial charge in [-0.2, -0.15) is 0 Å². The van der Waals surface area contributed by atoms with Gasteiger partial charge in [-0.05, 0) is 26.8 Å². The predicted octanol–water partition coefficient (Wildman–Crippen LogP) is 1.96. The summed E-state index contributed by atoms with van der Waals surface area (Å²) in [5.41, 5.74) is 0. The fraction of sp³-hybridized carbons (Fsp3) is 1.00. The zero-order chi connectivity index (χ0) is 11.1. The molecule has 3 nitrogen and oxygen atoms in total. The van der Waals surface area contributed by atoms with Gasteiger partial charge in [0, 0.05) is 19.3 Å². The monoisotopic (exact) mass is 215 g/mol. The summed E-state index contributed by atoms with van der Waals surface area (Å²) in [6.45, 7) is 5.92. The van der Waals surface area contributed by atoms with Crippen molar-refractivity contribution in [2.24, 2.45) is 0 Å². The van der Waals surface area contributed by atoms with E-state index in [0.717, 1.165) is 19.6 Å². The molecule has 1 fully saturated rings. The average molecular weight is 215 g/mol. The normalized spacial score (nSPS) is 30.2. The van der Waals surface area contributed by atoms with Crippen molar-refractivity contribution in [2.75, 3.05) is 20.3 Å². The van der Waals surface area contributed by atoms with Gasteiger partial charge in [-0.15, -0.1) is 0 Å². The summed E-state index contributed by atoms with van der Waals surface area (Å²) >= 11 is 0. The molecule has 1 rings (SSSR count). The number of rotatable bonds is 8. The average Bonchev–Trinajstić information content (AvgIpc) is 2.24. The lowest BCUT2D eigenvalue weighted by molar-refractivity contribution is -0.144. The highest BCUT2D eigenvalue weighted by molar-refractivity contribution is 4.96. The van der Waals surface area contributed by atoms with Gasteiger partial charge in [-0.3, -0.25) is 0 Å². The molecule has 1 aliphatic carbocycles. The summed E-state index contributed by atoms with van der Waals surface area (Å²) < 4.78 is 11.5. The number of hydrogen-bond donors (Lipinski definition) is 1. The first kappa shape index (κ1) is 12.9. The molecular formula is C12H25NO2. The van der Waals surface area contributed by atoms with Crippen molar-refractivity contribution < 1.29 is 9.47 Å². The Labute approximate surface area is 93.5 Å². The summed E-state index contributed by atoms with van der Waals surface area (Å²) in [4.78, 5) is 0.